The van der Waals surface area contributed by atoms with Crippen molar-refractivity contribution in [3.63, 3.8) is 0 Å². The number of hydrogen-bond donors (Lipinski definition) is 1. The van der Waals surface area contributed by atoms with Gasteiger partial charge in [0.05, 0.1) is 4.90 Å². The van der Waals surface area contributed by atoms with E-state index in [1.54, 1.807) is 13.0 Å². The smallest absolute Gasteiger partial charge is 0.243 e. The molecular formula is C14H20N2O3S. The van der Waals surface area contributed by atoms with E-state index in [1.165, 1.54) is 4.31 Å². The molecule has 0 saturated carbocycles. The Morgan fingerprint density at radius 1 is 1.25 bits per heavy atom. The Morgan fingerprint density at radius 2 is 1.85 bits per heavy atom. The Morgan fingerprint density at radius 3 is 2.40 bits per heavy atom. The summed E-state index contributed by atoms with van der Waals surface area (Å²) in [6.07, 6.45) is 0.999. The maximum Gasteiger partial charge on any atom is 0.243 e. The second-order valence-corrected chi connectivity index (χ2v) is 7.26. The Bertz CT molecular complexity index is 617. The van der Waals surface area contributed by atoms with Gasteiger partial charge in [0.2, 0.25) is 15.9 Å². The van der Waals surface area contributed by atoms with Gasteiger partial charge in [-0.25, -0.2) is 8.42 Å². The number of sulfonamides is 1. The van der Waals surface area contributed by atoms with E-state index < -0.39 is 10.0 Å². The third-order valence-corrected chi connectivity index (χ3v) is 5.86. The maximum absolute atomic E-state index is 12.6. The van der Waals surface area contributed by atoms with Gasteiger partial charge >= 0.3 is 0 Å². The van der Waals surface area contributed by atoms with Gasteiger partial charge in [0.15, 0.2) is 0 Å². The quantitative estimate of drug-likeness (QED) is 0.909. The zero-order valence-corrected chi connectivity index (χ0v) is 12.6. The van der Waals surface area contributed by atoms with Crippen LogP contribution in [0.1, 0.15) is 24.0 Å². The molecule has 1 aromatic rings. The number of hydrogen-bond acceptors (Lipinski definition) is 3. The molecular weight excluding hydrogens is 276 g/mol. The highest BCUT2D eigenvalue weighted by Crippen LogP contribution is 2.26. The minimum Gasteiger partial charge on any atom is -0.369 e. The monoisotopic (exact) mass is 296 g/mol. The average Bonchev–Trinajstić information content (AvgIpc) is 2.41. The number of nitrogens with two attached hydrogens (primary N) is 1. The van der Waals surface area contributed by atoms with Crippen molar-refractivity contribution in [3.8, 4) is 0 Å². The standard InChI is InChI=1S/C14H20N2O3S/c1-10-3-4-11(2)13(9-10)20(18,19)16-7-5-12(6-8-16)14(15)17/h3-4,9,12H,5-8H2,1-2H3,(H2,15,17). The molecule has 0 aromatic heterocycles. The molecule has 0 atom stereocenters. The van der Waals surface area contributed by atoms with Gasteiger partial charge in [0.1, 0.15) is 0 Å². The molecule has 0 bridgehead atoms. The zero-order chi connectivity index (χ0) is 14.9. The highest BCUT2D eigenvalue weighted by atomic mass is 32.2. The zero-order valence-electron chi connectivity index (χ0n) is 11.8. The normalized spacial score (nSPS) is 18.1. The van der Waals surface area contributed by atoms with E-state index in [4.69, 9.17) is 5.73 Å². The summed E-state index contributed by atoms with van der Waals surface area (Å²) in [7, 11) is -3.48. The minimum absolute atomic E-state index is 0.208. The van der Waals surface area contributed by atoms with Crippen molar-refractivity contribution in [2.45, 2.75) is 31.6 Å². The molecule has 0 spiro atoms. The number of amides is 1. The fourth-order valence-corrected chi connectivity index (χ4v) is 4.28. The molecule has 110 valence electrons. The van der Waals surface area contributed by atoms with Gasteiger partial charge in [-0.15, -0.1) is 0 Å². The predicted octanol–water partition coefficient (Wildman–Crippen LogP) is 1.19. The molecule has 6 heteroatoms. The van der Waals surface area contributed by atoms with Crippen LogP contribution in [0.2, 0.25) is 0 Å². The van der Waals surface area contributed by atoms with E-state index in [-0.39, 0.29) is 11.8 Å². The van der Waals surface area contributed by atoms with Gasteiger partial charge in [-0.2, -0.15) is 4.31 Å². The summed E-state index contributed by atoms with van der Waals surface area (Å²) in [6.45, 7) is 4.37. The van der Waals surface area contributed by atoms with E-state index in [1.807, 2.05) is 19.1 Å². The van der Waals surface area contributed by atoms with Crippen molar-refractivity contribution >= 4 is 15.9 Å². The van der Waals surface area contributed by atoms with E-state index in [0.29, 0.717) is 30.8 Å². The molecule has 0 radical (unpaired) electrons. The summed E-state index contributed by atoms with van der Waals surface area (Å²) >= 11 is 0. The first-order chi connectivity index (χ1) is 9.32. The third kappa shape index (κ3) is 2.86. The molecule has 0 unspecified atom stereocenters. The van der Waals surface area contributed by atoms with E-state index >= 15 is 0 Å². The summed E-state index contributed by atoms with van der Waals surface area (Å²) in [4.78, 5) is 11.5. The molecule has 5 nitrogen and oxygen atoms in total. The van der Waals surface area contributed by atoms with Crippen molar-refractivity contribution < 1.29 is 13.2 Å². The molecule has 2 rings (SSSR count). The summed E-state index contributed by atoms with van der Waals surface area (Å²) in [5.41, 5.74) is 6.93. The first-order valence-corrected chi connectivity index (χ1v) is 8.13. The number of aryl methyl sites for hydroxylation is 2. The first kappa shape index (κ1) is 15.0. The summed E-state index contributed by atoms with van der Waals surface area (Å²) in [6, 6.07) is 5.41. The molecule has 20 heavy (non-hydrogen) atoms. The van der Waals surface area contributed by atoms with Crippen LogP contribution in [0.25, 0.3) is 0 Å². The molecule has 1 aromatic carbocycles. The Labute approximate surface area is 119 Å². The molecule has 1 amide bonds. The van der Waals surface area contributed by atoms with Gasteiger partial charge in [0, 0.05) is 19.0 Å². The molecule has 1 saturated heterocycles. The van der Waals surface area contributed by atoms with Crippen molar-refractivity contribution in [1.82, 2.24) is 4.31 Å². The van der Waals surface area contributed by atoms with Gasteiger partial charge in [-0.05, 0) is 43.9 Å². The van der Waals surface area contributed by atoms with Crippen LogP contribution in [0.15, 0.2) is 23.1 Å². The fraction of sp³-hybridized carbons (Fsp3) is 0.500. The highest BCUT2D eigenvalue weighted by Gasteiger charge is 2.31. The number of rotatable bonds is 3. The van der Waals surface area contributed by atoms with Crippen LogP contribution in [0.3, 0.4) is 0 Å². The lowest BCUT2D eigenvalue weighted by molar-refractivity contribution is -0.122. The molecule has 1 aliphatic heterocycles. The molecule has 1 fully saturated rings. The second-order valence-electron chi connectivity index (χ2n) is 5.35. The van der Waals surface area contributed by atoms with Crippen molar-refractivity contribution in [3.05, 3.63) is 29.3 Å². The summed E-state index contributed by atoms with van der Waals surface area (Å²) < 4.78 is 26.7. The van der Waals surface area contributed by atoms with Gasteiger partial charge in [0.25, 0.3) is 0 Å². The number of nitrogens with zero attached hydrogens (tertiary/aromatic N) is 1. The molecule has 1 heterocycles. The number of carbonyl (C=O) groups is 1. The lowest BCUT2D eigenvalue weighted by atomic mass is 9.98. The number of benzene rings is 1. The summed E-state index contributed by atoms with van der Waals surface area (Å²) in [5.74, 6) is -0.547. The van der Waals surface area contributed by atoms with Crippen LogP contribution in [0, 0.1) is 19.8 Å². The SMILES string of the molecule is Cc1ccc(C)c(S(=O)(=O)N2CCC(C(N)=O)CC2)c1. The van der Waals surface area contributed by atoms with Crippen LogP contribution < -0.4 is 5.73 Å². The predicted molar refractivity (Wildman–Crippen MR) is 76.6 cm³/mol. The fourth-order valence-electron chi connectivity index (χ4n) is 2.50. The Balaban J connectivity index is 2.24. The Hall–Kier alpha value is -1.40. The van der Waals surface area contributed by atoms with Crippen LogP contribution >= 0.6 is 0 Å². The lowest BCUT2D eigenvalue weighted by Crippen LogP contribution is -2.41. The maximum atomic E-state index is 12.6. The van der Waals surface area contributed by atoms with Crippen molar-refractivity contribution in [1.29, 1.82) is 0 Å². The second kappa shape index (κ2) is 5.54. The first-order valence-electron chi connectivity index (χ1n) is 6.69. The van der Waals surface area contributed by atoms with Crippen LogP contribution in [-0.4, -0.2) is 31.7 Å². The van der Waals surface area contributed by atoms with E-state index in [0.717, 1.165) is 11.1 Å². The van der Waals surface area contributed by atoms with Gasteiger partial charge < -0.3 is 5.73 Å². The average molecular weight is 296 g/mol. The molecule has 2 N–H and O–H groups in total. The van der Waals surface area contributed by atoms with Crippen molar-refractivity contribution in [2.24, 2.45) is 11.7 Å². The molecule has 0 aliphatic carbocycles. The van der Waals surface area contributed by atoms with Crippen LogP contribution in [-0.2, 0) is 14.8 Å². The topological polar surface area (TPSA) is 80.5 Å². The number of primary amides is 1. The summed E-state index contributed by atoms with van der Waals surface area (Å²) in [5, 5.41) is 0. The highest BCUT2D eigenvalue weighted by molar-refractivity contribution is 7.89. The minimum atomic E-state index is -3.48. The number of piperidine rings is 1. The van der Waals surface area contributed by atoms with Gasteiger partial charge in [-0.3, -0.25) is 4.79 Å². The van der Waals surface area contributed by atoms with Gasteiger partial charge in [-0.1, -0.05) is 12.1 Å². The molecule has 1 aliphatic rings. The largest absolute Gasteiger partial charge is 0.369 e. The lowest BCUT2D eigenvalue weighted by Gasteiger charge is -2.30. The van der Waals surface area contributed by atoms with E-state index in [9.17, 15) is 13.2 Å². The Kier molecular flexibility index (Phi) is 4.15. The van der Waals surface area contributed by atoms with Crippen molar-refractivity contribution in [2.75, 3.05) is 13.1 Å². The van der Waals surface area contributed by atoms with Crippen LogP contribution in [0.4, 0.5) is 0 Å². The van der Waals surface area contributed by atoms with E-state index in [2.05, 4.69) is 0 Å². The third-order valence-electron chi connectivity index (χ3n) is 3.82. The number of carbonyl (C=O) groups excluding carboxylic acids is 1. The van der Waals surface area contributed by atoms with Crippen LogP contribution in [0.5, 0.6) is 0 Å².